The van der Waals surface area contributed by atoms with Crippen LogP contribution in [-0.2, 0) is 11.5 Å². The molecule has 0 atom stereocenters. The number of nitrogens with zero attached hydrogens (tertiary/aromatic N) is 2. The Morgan fingerprint density at radius 2 is 1.26 bits per heavy atom. The standard InChI is InChI=1S/C22H22N2O4S3/c1-27-16-8-4-14(5-9-16)12-30-19-18(21(25)26)20(24-22(23-19)29-3)31-13-15-6-10-17(28-2)11-7-15/h4-11H,12-13H2,1-3H3,(H,25,26). The van der Waals surface area contributed by atoms with Gasteiger partial charge in [0.25, 0.3) is 0 Å². The lowest BCUT2D eigenvalue weighted by Gasteiger charge is -2.12. The van der Waals surface area contributed by atoms with Crippen molar-refractivity contribution in [2.45, 2.75) is 26.7 Å². The maximum absolute atomic E-state index is 12.1. The fourth-order valence-corrected chi connectivity index (χ4v) is 5.13. The Labute approximate surface area is 194 Å². The number of aromatic carboxylic acids is 1. The van der Waals surface area contributed by atoms with Gasteiger partial charge in [0.1, 0.15) is 27.1 Å². The Balaban J connectivity index is 1.82. The van der Waals surface area contributed by atoms with E-state index in [9.17, 15) is 9.90 Å². The quantitative estimate of drug-likeness (QED) is 0.233. The molecule has 6 nitrogen and oxygen atoms in total. The van der Waals surface area contributed by atoms with Gasteiger partial charge in [0.05, 0.1) is 14.2 Å². The summed E-state index contributed by atoms with van der Waals surface area (Å²) >= 11 is 4.19. The molecular formula is C22H22N2O4S3. The molecule has 9 heteroatoms. The fourth-order valence-electron chi connectivity index (χ4n) is 2.63. The average Bonchev–Trinajstić information content (AvgIpc) is 2.81. The number of carboxylic acid groups (broad SMARTS) is 1. The molecular weight excluding hydrogens is 452 g/mol. The summed E-state index contributed by atoms with van der Waals surface area (Å²) in [5.74, 6) is 1.73. The number of carboxylic acids is 1. The Hall–Kier alpha value is -2.36. The minimum absolute atomic E-state index is 0.148. The number of carbonyl (C=O) groups is 1. The third-order valence-corrected chi connectivity index (χ3v) is 6.93. The molecule has 0 aliphatic rings. The molecule has 1 aromatic heterocycles. The van der Waals surface area contributed by atoms with Crippen LogP contribution in [0.2, 0.25) is 0 Å². The monoisotopic (exact) mass is 474 g/mol. The van der Waals surface area contributed by atoms with Gasteiger partial charge in [0.15, 0.2) is 5.16 Å². The molecule has 0 fully saturated rings. The van der Waals surface area contributed by atoms with Crippen molar-refractivity contribution >= 4 is 41.3 Å². The second kappa shape index (κ2) is 11.3. The van der Waals surface area contributed by atoms with Gasteiger partial charge in [-0.1, -0.05) is 36.0 Å². The van der Waals surface area contributed by atoms with E-state index in [1.165, 1.54) is 35.3 Å². The van der Waals surface area contributed by atoms with E-state index in [4.69, 9.17) is 9.47 Å². The molecule has 2 aromatic carbocycles. The molecule has 0 unspecified atom stereocenters. The summed E-state index contributed by atoms with van der Waals surface area (Å²) < 4.78 is 10.4. The summed E-state index contributed by atoms with van der Waals surface area (Å²) in [7, 11) is 3.25. The van der Waals surface area contributed by atoms with E-state index in [-0.39, 0.29) is 5.56 Å². The molecule has 31 heavy (non-hydrogen) atoms. The smallest absolute Gasteiger partial charge is 0.341 e. The zero-order valence-electron chi connectivity index (χ0n) is 17.3. The molecule has 0 aliphatic carbocycles. The second-order valence-corrected chi connectivity index (χ2v) is 8.98. The molecule has 0 amide bonds. The molecule has 0 saturated heterocycles. The first kappa shape index (κ1) is 23.3. The molecule has 162 valence electrons. The van der Waals surface area contributed by atoms with Gasteiger partial charge in [0, 0.05) is 11.5 Å². The average molecular weight is 475 g/mol. The molecule has 0 saturated carbocycles. The minimum Gasteiger partial charge on any atom is -0.497 e. The normalized spacial score (nSPS) is 10.7. The van der Waals surface area contributed by atoms with Crippen LogP contribution in [0, 0.1) is 0 Å². The third-order valence-electron chi connectivity index (χ3n) is 4.29. The summed E-state index contributed by atoms with van der Waals surface area (Å²) in [4.78, 5) is 21.0. The highest BCUT2D eigenvalue weighted by Gasteiger charge is 2.21. The van der Waals surface area contributed by atoms with E-state index in [1.807, 2.05) is 54.8 Å². The lowest BCUT2D eigenvalue weighted by molar-refractivity contribution is 0.0686. The summed E-state index contributed by atoms with van der Waals surface area (Å²) in [5, 5.41) is 11.4. The predicted octanol–water partition coefficient (Wildman–Crippen LogP) is 5.50. The molecule has 0 aliphatic heterocycles. The third kappa shape index (κ3) is 6.32. The lowest BCUT2D eigenvalue weighted by atomic mass is 10.2. The van der Waals surface area contributed by atoms with Gasteiger partial charge in [0.2, 0.25) is 0 Å². The number of thioether (sulfide) groups is 3. The number of aromatic nitrogens is 2. The number of hydrogen-bond acceptors (Lipinski definition) is 8. The molecule has 0 spiro atoms. The van der Waals surface area contributed by atoms with Crippen molar-refractivity contribution in [3.05, 3.63) is 65.2 Å². The van der Waals surface area contributed by atoms with Crippen LogP contribution >= 0.6 is 35.3 Å². The molecule has 3 rings (SSSR count). The van der Waals surface area contributed by atoms with E-state index in [0.29, 0.717) is 26.7 Å². The number of rotatable bonds is 10. The Morgan fingerprint density at radius 3 is 1.58 bits per heavy atom. The first-order valence-electron chi connectivity index (χ1n) is 9.24. The highest BCUT2D eigenvalue weighted by molar-refractivity contribution is 7.99. The van der Waals surface area contributed by atoms with Crippen LogP contribution in [0.25, 0.3) is 0 Å². The number of ether oxygens (including phenoxy) is 2. The van der Waals surface area contributed by atoms with Gasteiger partial charge >= 0.3 is 5.97 Å². The molecule has 3 aromatic rings. The van der Waals surface area contributed by atoms with Crippen LogP contribution in [0.15, 0.2) is 63.7 Å². The largest absolute Gasteiger partial charge is 0.497 e. The van der Waals surface area contributed by atoms with Crippen molar-refractivity contribution in [2.24, 2.45) is 0 Å². The van der Waals surface area contributed by atoms with Gasteiger partial charge in [-0.05, 0) is 41.6 Å². The van der Waals surface area contributed by atoms with E-state index in [1.54, 1.807) is 14.2 Å². The Morgan fingerprint density at radius 1 is 0.839 bits per heavy atom. The highest BCUT2D eigenvalue weighted by Crippen LogP contribution is 2.34. The van der Waals surface area contributed by atoms with Gasteiger partial charge in [-0.15, -0.1) is 23.5 Å². The fraction of sp³-hybridized carbons (Fsp3) is 0.227. The molecule has 0 radical (unpaired) electrons. The summed E-state index contributed by atoms with van der Waals surface area (Å²) in [5.41, 5.74) is 2.26. The van der Waals surface area contributed by atoms with Crippen molar-refractivity contribution in [1.29, 1.82) is 0 Å². The van der Waals surface area contributed by atoms with Crippen LogP contribution in [0.3, 0.4) is 0 Å². The maximum atomic E-state index is 12.1. The van der Waals surface area contributed by atoms with Crippen molar-refractivity contribution in [3.8, 4) is 11.5 Å². The maximum Gasteiger partial charge on any atom is 0.341 e. The van der Waals surface area contributed by atoms with Crippen LogP contribution < -0.4 is 9.47 Å². The summed E-state index contributed by atoms with van der Waals surface area (Å²) in [6, 6.07) is 15.4. The van der Waals surface area contributed by atoms with Gasteiger partial charge < -0.3 is 14.6 Å². The second-order valence-electron chi connectivity index (χ2n) is 6.27. The van der Waals surface area contributed by atoms with Crippen LogP contribution in [0.1, 0.15) is 21.5 Å². The van der Waals surface area contributed by atoms with Gasteiger partial charge in [-0.25, -0.2) is 14.8 Å². The summed E-state index contributed by atoms with van der Waals surface area (Å²) in [6.45, 7) is 0. The zero-order chi connectivity index (χ0) is 22.2. The Kier molecular flexibility index (Phi) is 8.51. The highest BCUT2D eigenvalue weighted by atomic mass is 32.2. The first-order valence-corrected chi connectivity index (χ1v) is 12.4. The zero-order valence-corrected chi connectivity index (χ0v) is 19.8. The summed E-state index contributed by atoms with van der Waals surface area (Å²) in [6.07, 6.45) is 1.88. The van der Waals surface area contributed by atoms with Crippen LogP contribution in [0.5, 0.6) is 11.5 Å². The first-order chi connectivity index (χ1) is 15.0. The Bertz CT molecular complexity index is 955. The predicted molar refractivity (Wildman–Crippen MR) is 126 cm³/mol. The molecule has 1 N–H and O–H groups in total. The van der Waals surface area contributed by atoms with E-state index in [2.05, 4.69) is 9.97 Å². The topological polar surface area (TPSA) is 81.5 Å². The van der Waals surface area contributed by atoms with Crippen molar-refractivity contribution in [1.82, 2.24) is 9.97 Å². The van der Waals surface area contributed by atoms with E-state index in [0.717, 1.165) is 22.6 Å². The van der Waals surface area contributed by atoms with E-state index < -0.39 is 5.97 Å². The minimum atomic E-state index is -1.03. The van der Waals surface area contributed by atoms with Gasteiger partial charge in [-0.3, -0.25) is 0 Å². The van der Waals surface area contributed by atoms with Crippen molar-refractivity contribution in [2.75, 3.05) is 20.5 Å². The number of methoxy groups -OCH3 is 2. The van der Waals surface area contributed by atoms with Crippen LogP contribution in [0.4, 0.5) is 0 Å². The van der Waals surface area contributed by atoms with Crippen LogP contribution in [-0.4, -0.2) is 41.5 Å². The van der Waals surface area contributed by atoms with Gasteiger partial charge in [-0.2, -0.15) is 0 Å². The number of hydrogen-bond donors (Lipinski definition) is 1. The molecule has 0 bridgehead atoms. The van der Waals surface area contributed by atoms with Crippen molar-refractivity contribution in [3.63, 3.8) is 0 Å². The SMILES string of the molecule is COc1ccc(CSc2nc(SC)nc(SCc3ccc(OC)cc3)c2C(=O)O)cc1. The van der Waals surface area contributed by atoms with Crippen molar-refractivity contribution < 1.29 is 19.4 Å². The van der Waals surface area contributed by atoms with E-state index >= 15 is 0 Å². The molecule has 1 heterocycles. The number of benzene rings is 2. The lowest BCUT2D eigenvalue weighted by Crippen LogP contribution is -2.07.